The molecule has 0 spiro atoms. The highest BCUT2D eigenvalue weighted by atomic mass is 16.6. The van der Waals surface area contributed by atoms with Crippen molar-refractivity contribution in [2.75, 3.05) is 33.4 Å². The number of hydrogen-bond acceptors (Lipinski definition) is 4. The summed E-state index contributed by atoms with van der Waals surface area (Å²) in [5, 5.41) is 0. The molecule has 0 fully saturated rings. The Morgan fingerprint density at radius 3 is 2.72 bits per heavy atom. The van der Waals surface area contributed by atoms with Gasteiger partial charge in [0.1, 0.15) is 13.2 Å². The van der Waals surface area contributed by atoms with E-state index in [1.807, 2.05) is 6.07 Å². The smallest absolute Gasteiger partial charge is 0.161 e. The fraction of sp³-hybridized carbons (Fsp3) is 0.571. The van der Waals surface area contributed by atoms with Crippen molar-refractivity contribution in [2.24, 2.45) is 5.73 Å². The van der Waals surface area contributed by atoms with Crippen LogP contribution in [0, 0.1) is 0 Å². The Bertz CT molecular complexity index is 382. The lowest BCUT2D eigenvalue weighted by Gasteiger charge is -2.21. The maximum absolute atomic E-state index is 5.58. The van der Waals surface area contributed by atoms with E-state index in [4.69, 9.17) is 15.2 Å². The van der Waals surface area contributed by atoms with Crippen LogP contribution in [0.5, 0.6) is 11.5 Å². The number of ether oxygens (including phenoxy) is 2. The average molecular weight is 250 g/mol. The van der Waals surface area contributed by atoms with Gasteiger partial charge in [-0.2, -0.15) is 0 Å². The van der Waals surface area contributed by atoms with Gasteiger partial charge in [-0.1, -0.05) is 6.07 Å². The molecule has 4 heteroatoms. The van der Waals surface area contributed by atoms with Gasteiger partial charge in [0.15, 0.2) is 11.5 Å². The first kappa shape index (κ1) is 13.2. The summed E-state index contributed by atoms with van der Waals surface area (Å²) in [4.78, 5) is 2.31. The highest BCUT2D eigenvalue weighted by Crippen LogP contribution is 2.30. The van der Waals surface area contributed by atoms with Crippen molar-refractivity contribution in [3.8, 4) is 11.5 Å². The van der Waals surface area contributed by atoms with Gasteiger partial charge in [-0.15, -0.1) is 0 Å². The van der Waals surface area contributed by atoms with Gasteiger partial charge < -0.3 is 20.1 Å². The van der Waals surface area contributed by atoms with Crippen molar-refractivity contribution in [3.63, 3.8) is 0 Å². The largest absolute Gasteiger partial charge is 0.486 e. The predicted molar refractivity (Wildman–Crippen MR) is 72.1 cm³/mol. The highest BCUT2D eigenvalue weighted by molar-refractivity contribution is 5.43. The molecule has 0 unspecified atom stereocenters. The topological polar surface area (TPSA) is 47.7 Å². The van der Waals surface area contributed by atoms with Crippen LogP contribution in [-0.2, 0) is 6.54 Å². The summed E-state index contributed by atoms with van der Waals surface area (Å²) in [5.41, 5.74) is 6.75. The van der Waals surface area contributed by atoms with E-state index >= 15 is 0 Å². The molecule has 18 heavy (non-hydrogen) atoms. The van der Waals surface area contributed by atoms with Crippen LogP contribution in [0.2, 0.25) is 0 Å². The monoisotopic (exact) mass is 250 g/mol. The van der Waals surface area contributed by atoms with Crippen molar-refractivity contribution < 1.29 is 9.47 Å². The molecule has 2 N–H and O–H groups in total. The fourth-order valence-electron chi connectivity index (χ4n) is 2.10. The molecule has 1 aromatic rings. The first-order valence-electron chi connectivity index (χ1n) is 6.57. The summed E-state index contributed by atoms with van der Waals surface area (Å²) in [6, 6.07) is 6.18. The lowest BCUT2D eigenvalue weighted by Crippen LogP contribution is -2.20. The summed E-state index contributed by atoms with van der Waals surface area (Å²) < 4.78 is 11.1. The molecular formula is C14H22N2O2. The second-order valence-corrected chi connectivity index (χ2v) is 4.71. The van der Waals surface area contributed by atoms with Crippen LogP contribution in [0.4, 0.5) is 0 Å². The molecule has 1 aliphatic rings. The molecule has 0 amide bonds. The zero-order valence-corrected chi connectivity index (χ0v) is 11.0. The maximum Gasteiger partial charge on any atom is 0.161 e. The second-order valence-electron chi connectivity index (χ2n) is 4.71. The minimum absolute atomic E-state index is 0.642. The Balaban J connectivity index is 1.89. The first-order chi connectivity index (χ1) is 8.79. The Hall–Kier alpha value is -1.26. The van der Waals surface area contributed by atoms with E-state index in [0.29, 0.717) is 13.2 Å². The van der Waals surface area contributed by atoms with Gasteiger partial charge in [-0.3, -0.25) is 0 Å². The SMILES string of the molecule is CN(CCCCN)Cc1ccc2c(c1)OCCO2. The third kappa shape index (κ3) is 3.62. The van der Waals surface area contributed by atoms with Crippen LogP contribution in [0.3, 0.4) is 0 Å². The molecule has 4 nitrogen and oxygen atoms in total. The summed E-state index contributed by atoms with van der Waals surface area (Å²) >= 11 is 0. The molecule has 1 aliphatic heterocycles. The van der Waals surface area contributed by atoms with E-state index in [9.17, 15) is 0 Å². The fourth-order valence-corrected chi connectivity index (χ4v) is 2.10. The van der Waals surface area contributed by atoms with Gasteiger partial charge in [0, 0.05) is 6.54 Å². The van der Waals surface area contributed by atoms with Gasteiger partial charge in [-0.05, 0) is 50.7 Å². The zero-order valence-electron chi connectivity index (χ0n) is 11.0. The van der Waals surface area contributed by atoms with Gasteiger partial charge in [-0.25, -0.2) is 0 Å². The van der Waals surface area contributed by atoms with Crippen molar-refractivity contribution in [1.82, 2.24) is 4.90 Å². The van der Waals surface area contributed by atoms with Crippen molar-refractivity contribution >= 4 is 0 Å². The van der Waals surface area contributed by atoms with E-state index < -0.39 is 0 Å². The number of rotatable bonds is 6. The maximum atomic E-state index is 5.58. The Kier molecular flexibility index (Phi) is 4.84. The summed E-state index contributed by atoms with van der Waals surface area (Å²) in [6.07, 6.45) is 2.24. The van der Waals surface area contributed by atoms with Crippen molar-refractivity contribution in [1.29, 1.82) is 0 Å². The van der Waals surface area contributed by atoms with Crippen LogP contribution in [-0.4, -0.2) is 38.3 Å². The molecule has 0 bridgehead atoms. The zero-order chi connectivity index (χ0) is 12.8. The lowest BCUT2D eigenvalue weighted by molar-refractivity contribution is 0.171. The Morgan fingerprint density at radius 2 is 1.94 bits per heavy atom. The number of benzene rings is 1. The highest BCUT2D eigenvalue weighted by Gasteiger charge is 2.12. The molecule has 0 aliphatic carbocycles. The molecule has 0 saturated heterocycles. The Morgan fingerprint density at radius 1 is 1.17 bits per heavy atom. The number of nitrogens with zero attached hydrogens (tertiary/aromatic N) is 1. The molecular weight excluding hydrogens is 228 g/mol. The van der Waals surface area contributed by atoms with E-state index in [2.05, 4.69) is 24.1 Å². The molecule has 1 heterocycles. The van der Waals surface area contributed by atoms with Gasteiger partial charge in [0.05, 0.1) is 0 Å². The van der Waals surface area contributed by atoms with Crippen LogP contribution in [0.15, 0.2) is 18.2 Å². The van der Waals surface area contributed by atoms with Crippen LogP contribution < -0.4 is 15.2 Å². The number of fused-ring (bicyclic) bond motifs is 1. The molecule has 0 saturated carbocycles. The van der Waals surface area contributed by atoms with Crippen LogP contribution >= 0.6 is 0 Å². The van der Waals surface area contributed by atoms with Gasteiger partial charge in [0.2, 0.25) is 0 Å². The molecule has 0 aromatic heterocycles. The summed E-state index contributed by atoms with van der Waals surface area (Å²) in [5.74, 6) is 1.73. The summed E-state index contributed by atoms with van der Waals surface area (Å²) in [6.45, 7) is 4.07. The number of hydrogen-bond donors (Lipinski definition) is 1. The second kappa shape index (κ2) is 6.61. The van der Waals surface area contributed by atoms with Gasteiger partial charge in [0.25, 0.3) is 0 Å². The third-order valence-electron chi connectivity index (χ3n) is 3.05. The van der Waals surface area contributed by atoms with Crippen LogP contribution in [0.1, 0.15) is 18.4 Å². The average Bonchev–Trinajstić information content (AvgIpc) is 2.39. The molecule has 2 rings (SSSR count). The normalized spacial score (nSPS) is 13.9. The predicted octanol–water partition coefficient (Wildman–Crippen LogP) is 1.63. The molecule has 1 aromatic carbocycles. The standard InChI is InChI=1S/C14H22N2O2/c1-16(7-3-2-6-15)11-12-4-5-13-14(10-12)18-9-8-17-13/h4-5,10H,2-3,6-9,11,15H2,1H3. The molecule has 0 atom stereocenters. The van der Waals surface area contributed by atoms with E-state index in [-0.39, 0.29) is 0 Å². The van der Waals surface area contributed by atoms with E-state index in [1.165, 1.54) is 5.56 Å². The van der Waals surface area contributed by atoms with E-state index in [1.54, 1.807) is 0 Å². The molecule has 100 valence electrons. The van der Waals surface area contributed by atoms with Crippen molar-refractivity contribution in [2.45, 2.75) is 19.4 Å². The van der Waals surface area contributed by atoms with E-state index in [0.717, 1.165) is 44.0 Å². The first-order valence-corrected chi connectivity index (χ1v) is 6.57. The van der Waals surface area contributed by atoms with Crippen LogP contribution in [0.25, 0.3) is 0 Å². The number of nitrogens with two attached hydrogens (primary N) is 1. The Labute approximate surface area is 109 Å². The lowest BCUT2D eigenvalue weighted by atomic mass is 10.1. The minimum atomic E-state index is 0.642. The third-order valence-corrected chi connectivity index (χ3v) is 3.05. The minimum Gasteiger partial charge on any atom is -0.486 e. The summed E-state index contributed by atoms with van der Waals surface area (Å²) in [7, 11) is 2.13. The van der Waals surface area contributed by atoms with Gasteiger partial charge >= 0.3 is 0 Å². The van der Waals surface area contributed by atoms with Crippen molar-refractivity contribution in [3.05, 3.63) is 23.8 Å². The number of unbranched alkanes of at least 4 members (excludes halogenated alkanes) is 1. The quantitative estimate of drug-likeness (QED) is 0.780. The molecule has 0 radical (unpaired) electrons.